The maximum atomic E-state index is 14.0. The molecule has 1 unspecified atom stereocenters. The Morgan fingerprint density at radius 3 is 2.24 bits per heavy atom. The topological polar surface area (TPSA) is 54.5 Å². The zero-order chi connectivity index (χ0) is 24.5. The molecule has 178 valence electrons. The molecule has 0 aromatic heterocycles. The predicted molar refractivity (Wildman–Crippen MR) is 139 cm³/mol. The molecule has 0 amide bonds. The van der Waals surface area contributed by atoms with Crippen LogP contribution < -0.4 is 0 Å². The average Bonchev–Trinajstić information content (AvgIpc) is 2.78. The minimum atomic E-state index is -3.85. The first-order chi connectivity index (χ1) is 16.2. The maximum absolute atomic E-state index is 14.0. The number of nitrogens with zero attached hydrogens (tertiary/aromatic N) is 1. The standard InChI is InChI=1S/C28H30BrNO3S/c1-19-15-20(2)28(21(3)16-19)34(32,33)30-18-24-9-5-4-8-23(24)17-26(30)27(31)10-6-7-22-11-13-25(29)14-12-22/h4-5,8-9,11-16,26H,6-7,10,17-18H2,1-3H3. The van der Waals surface area contributed by atoms with E-state index in [2.05, 4.69) is 15.9 Å². The molecule has 0 saturated carbocycles. The van der Waals surface area contributed by atoms with Gasteiger partial charge in [-0.05, 0) is 80.0 Å². The number of aryl methyl sites for hydroxylation is 4. The highest BCUT2D eigenvalue weighted by Crippen LogP contribution is 2.33. The van der Waals surface area contributed by atoms with Crippen molar-refractivity contribution in [2.24, 2.45) is 0 Å². The van der Waals surface area contributed by atoms with E-state index in [1.54, 1.807) is 0 Å². The smallest absolute Gasteiger partial charge is 0.244 e. The minimum absolute atomic E-state index is 0.0161. The van der Waals surface area contributed by atoms with E-state index in [1.807, 2.05) is 81.4 Å². The molecule has 0 bridgehead atoms. The van der Waals surface area contributed by atoms with Crippen molar-refractivity contribution in [2.75, 3.05) is 0 Å². The number of hydrogen-bond donors (Lipinski definition) is 0. The van der Waals surface area contributed by atoms with Gasteiger partial charge in [-0.2, -0.15) is 4.31 Å². The Labute approximate surface area is 211 Å². The molecule has 3 aromatic carbocycles. The first-order valence-electron chi connectivity index (χ1n) is 11.6. The van der Waals surface area contributed by atoms with Gasteiger partial charge in [-0.1, -0.05) is 70.0 Å². The summed E-state index contributed by atoms with van der Waals surface area (Å²) in [5, 5.41) is 0. The minimum Gasteiger partial charge on any atom is -0.298 e. The number of ketones is 1. The van der Waals surface area contributed by atoms with Crippen LogP contribution >= 0.6 is 15.9 Å². The van der Waals surface area contributed by atoms with E-state index >= 15 is 0 Å². The zero-order valence-electron chi connectivity index (χ0n) is 19.8. The molecular formula is C28H30BrNO3S. The van der Waals surface area contributed by atoms with E-state index in [4.69, 9.17) is 0 Å². The quantitative estimate of drug-likeness (QED) is 0.365. The van der Waals surface area contributed by atoms with Crippen LogP contribution in [0.25, 0.3) is 0 Å². The summed E-state index contributed by atoms with van der Waals surface area (Å²) in [5.74, 6) is -0.0161. The molecule has 1 aliphatic heterocycles. The normalized spacial score (nSPS) is 16.3. The van der Waals surface area contributed by atoms with Gasteiger partial charge in [-0.15, -0.1) is 0 Å². The van der Waals surface area contributed by atoms with Crippen molar-refractivity contribution >= 4 is 31.7 Å². The molecule has 3 aromatic rings. The lowest BCUT2D eigenvalue weighted by Crippen LogP contribution is -2.48. The van der Waals surface area contributed by atoms with Crippen LogP contribution in [0, 0.1) is 20.8 Å². The maximum Gasteiger partial charge on any atom is 0.244 e. The molecule has 0 radical (unpaired) electrons. The lowest BCUT2D eigenvalue weighted by Gasteiger charge is -2.36. The van der Waals surface area contributed by atoms with Gasteiger partial charge in [0.25, 0.3) is 0 Å². The van der Waals surface area contributed by atoms with E-state index in [0.717, 1.165) is 38.7 Å². The number of rotatable bonds is 7. The van der Waals surface area contributed by atoms with Crippen LogP contribution in [0.3, 0.4) is 0 Å². The Balaban J connectivity index is 1.62. The molecule has 0 fully saturated rings. The number of hydrogen-bond acceptors (Lipinski definition) is 3. The van der Waals surface area contributed by atoms with Crippen LogP contribution in [0.5, 0.6) is 0 Å². The largest absolute Gasteiger partial charge is 0.298 e. The number of halogens is 1. The summed E-state index contributed by atoms with van der Waals surface area (Å²) < 4.78 is 30.4. The Bertz CT molecular complexity index is 1290. The second-order valence-electron chi connectivity index (χ2n) is 9.21. The fraction of sp³-hybridized carbons (Fsp3) is 0.321. The van der Waals surface area contributed by atoms with Crippen molar-refractivity contribution in [1.29, 1.82) is 0 Å². The number of sulfonamides is 1. The highest BCUT2D eigenvalue weighted by atomic mass is 79.9. The summed E-state index contributed by atoms with van der Waals surface area (Å²) in [5.41, 5.74) is 5.65. The summed E-state index contributed by atoms with van der Waals surface area (Å²) >= 11 is 3.44. The molecule has 4 rings (SSSR count). The molecule has 0 N–H and O–H groups in total. The SMILES string of the molecule is Cc1cc(C)c(S(=O)(=O)N2Cc3ccccc3CC2C(=O)CCCc2ccc(Br)cc2)c(C)c1. The van der Waals surface area contributed by atoms with Gasteiger partial charge in [0.1, 0.15) is 0 Å². The second-order valence-corrected chi connectivity index (χ2v) is 12.0. The molecule has 0 saturated heterocycles. The number of fused-ring (bicyclic) bond motifs is 1. The number of Topliss-reactive ketones (excluding diaryl/α,β-unsaturated/α-hetero) is 1. The lowest BCUT2D eigenvalue weighted by atomic mass is 9.92. The predicted octanol–water partition coefficient (Wildman–Crippen LogP) is 6.08. The monoisotopic (exact) mass is 539 g/mol. The van der Waals surface area contributed by atoms with Gasteiger partial charge in [0.2, 0.25) is 10.0 Å². The van der Waals surface area contributed by atoms with Crippen molar-refractivity contribution in [3.8, 4) is 0 Å². The van der Waals surface area contributed by atoms with Crippen LogP contribution in [0.15, 0.2) is 70.0 Å². The van der Waals surface area contributed by atoms with E-state index in [1.165, 1.54) is 9.87 Å². The Morgan fingerprint density at radius 1 is 0.971 bits per heavy atom. The van der Waals surface area contributed by atoms with Crippen molar-refractivity contribution in [1.82, 2.24) is 4.31 Å². The van der Waals surface area contributed by atoms with Gasteiger partial charge in [-0.25, -0.2) is 8.42 Å². The molecule has 4 nitrogen and oxygen atoms in total. The molecule has 6 heteroatoms. The summed E-state index contributed by atoms with van der Waals surface area (Å²) in [7, 11) is -3.85. The van der Waals surface area contributed by atoms with Gasteiger partial charge in [-0.3, -0.25) is 4.79 Å². The Morgan fingerprint density at radius 2 is 1.59 bits per heavy atom. The lowest BCUT2D eigenvalue weighted by molar-refractivity contribution is -0.123. The van der Waals surface area contributed by atoms with Crippen LogP contribution in [0.1, 0.15) is 46.2 Å². The van der Waals surface area contributed by atoms with E-state index in [0.29, 0.717) is 24.2 Å². The van der Waals surface area contributed by atoms with Gasteiger partial charge in [0.15, 0.2) is 5.78 Å². The van der Waals surface area contributed by atoms with Crippen LogP contribution in [-0.2, 0) is 34.2 Å². The summed E-state index contributed by atoms with van der Waals surface area (Å²) in [6.45, 7) is 5.85. The van der Waals surface area contributed by atoms with Crippen LogP contribution in [0.4, 0.5) is 0 Å². The van der Waals surface area contributed by atoms with Gasteiger partial charge in [0, 0.05) is 17.4 Å². The summed E-state index contributed by atoms with van der Waals surface area (Å²) in [6, 6.07) is 19.0. The third-order valence-electron chi connectivity index (χ3n) is 6.55. The van der Waals surface area contributed by atoms with E-state index in [9.17, 15) is 13.2 Å². The van der Waals surface area contributed by atoms with Crippen molar-refractivity contribution in [3.63, 3.8) is 0 Å². The average molecular weight is 541 g/mol. The van der Waals surface area contributed by atoms with E-state index in [-0.39, 0.29) is 12.3 Å². The zero-order valence-corrected chi connectivity index (χ0v) is 22.2. The molecular weight excluding hydrogens is 510 g/mol. The summed E-state index contributed by atoms with van der Waals surface area (Å²) in [4.78, 5) is 13.8. The van der Waals surface area contributed by atoms with E-state index < -0.39 is 16.1 Å². The summed E-state index contributed by atoms with van der Waals surface area (Å²) in [6.07, 6.45) is 2.23. The molecule has 0 spiro atoms. The van der Waals surface area contributed by atoms with Gasteiger partial charge >= 0.3 is 0 Å². The number of benzene rings is 3. The first-order valence-corrected chi connectivity index (χ1v) is 13.8. The number of carbonyl (C=O) groups excluding carboxylic acids is 1. The fourth-order valence-electron chi connectivity index (χ4n) is 5.00. The molecule has 1 heterocycles. The fourth-order valence-corrected chi connectivity index (χ4v) is 7.27. The third-order valence-corrected chi connectivity index (χ3v) is 9.24. The Hall–Kier alpha value is -2.28. The van der Waals surface area contributed by atoms with Crippen LogP contribution in [-0.4, -0.2) is 24.5 Å². The highest BCUT2D eigenvalue weighted by Gasteiger charge is 2.40. The van der Waals surface area contributed by atoms with Crippen molar-refractivity contribution in [2.45, 2.75) is 63.9 Å². The highest BCUT2D eigenvalue weighted by molar-refractivity contribution is 9.10. The molecule has 1 aliphatic rings. The second kappa shape index (κ2) is 10.1. The Kier molecular flexibility index (Phi) is 7.41. The first kappa shape index (κ1) is 24.8. The number of carbonyl (C=O) groups is 1. The van der Waals surface area contributed by atoms with Crippen molar-refractivity contribution < 1.29 is 13.2 Å². The molecule has 1 atom stereocenters. The molecule has 0 aliphatic carbocycles. The third kappa shape index (κ3) is 5.19. The molecule has 34 heavy (non-hydrogen) atoms. The van der Waals surface area contributed by atoms with Crippen LogP contribution in [0.2, 0.25) is 0 Å². The van der Waals surface area contributed by atoms with Gasteiger partial charge in [0.05, 0.1) is 10.9 Å². The van der Waals surface area contributed by atoms with Crippen molar-refractivity contribution in [3.05, 3.63) is 98.5 Å². The van der Waals surface area contributed by atoms with Gasteiger partial charge < -0.3 is 0 Å².